The number of rotatable bonds is 49. The van der Waals surface area contributed by atoms with Gasteiger partial charge in [-0.2, -0.15) is 0 Å². The van der Waals surface area contributed by atoms with Gasteiger partial charge in [0.05, 0.1) is 39.9 Å². The summed E-state index contributed by atoms with van der Waals surface area (Å²) >= 11 is 0. The lowest BCUT2D eigenvalue weighted by atomic mass is 10.0. The highest BCUT2D eigenvalue weighted by Crippen LogP contribution is 2.43. The van der Waals surface area contributed by atoms with Gasteiger partial charge in [0.2, 0.25) is 5.91 Å². The van der Waals surface area contributed by atoms with E-state index in [1.165, 1.54) is 89.9 Å². The molecule has 0 saturated carbocycles. The fourth-order valence-electron chi connectivity index (χ4n) is 7.39. The lowest BCUT2D eigenvalue weighted by molar-refractivity contribution is -0.870. The Balaban J connectivity index is 4.38. The van der Waals surface area contributed by atoms with Crippen LogP contribution < -0.4 is 5.32 Å². The molecule has 3 atom stereocenters. The van der Waals surface area contributed by atoms with Crippen molar-refractivity contribution in [3.05, 3.63) is 109 Å². The Bertz CT molecular complexity index is 1490. The average molecular weight is 982 g/mol. The molecule has 0 fully saturated rings. The van der Waals surface area contributed by atoms with Crippen LogP contribution in [0.5, 0.6) is 0 Å². The first-order chi connectivity index (χ1) is 33.5. The highest BCUT2D eigenvalue weighted by Gasteiger charge is 2.27. The van der Waals surface area contributed by atoms with E-state index in [0.717, 1.165) is 103 Å². The number of phosphoric ester groups is 1. The monoisotopic (exact) mass is 982 g/mol. The molecule has 396 valence electrons. The van der Waals surface area contributed by atoms with E-state index in [4.69, 9.17) is 9.05 Å². The van der Waals surface area contributed by atoms with Crippen molar-refractivity contribution >= 4 is 13.7 Å². The van der Waals surface area contributed by atoms with Gasteiger partial charge in [-0.25, -0.2) is 4.57 Å². The number of aliphatic hydroxyl groups excluding tert-OH is 1. The molecule has 9 heteroatoms. The van der Waals surface area contributed by atoms with Crippen LogP contribution in [0.2, 0.25) is 0 Å². The molecule has 0 saturated heterocycles. The van der Waals surface area contributed by atoms with Gasteiger partial charge in [-0.3, -0.25) is 13.8 Å². The second-order valence-corrected chi connectivity index (χ2v) is 21.0. The zero-order chi connectivity index (χ0) is 50.6. The molecule has 3 unspecified atom stereocenters. The molecular weight excluding hydrogens is 876 g/mol. The maximum absolute atomic E-state index is 13.0. The van der Waals surface area contributed by atoms with Gasteiger partial charge in [0.15, 0.2) is 0 Å². The van der Waals surface area contributed by atoms with Crippen molar-refractivity contribution in [3.63, 3.8) is 0 Å². The SMILES string of the molecule is CC/C=C\C/C=C\C/C=C\C/C=C\C/C=C\C/C=C\C/C=C\CCCCCCCC(=O)NC(COP(=O)(O)OCC[N+](C)(C)C)C(O)/C=C/CC/C=C/CCCCCCCCCCCCCCCC. The summed E-state index contributed by atoms with van der Waals surface area (Å²) in [7, 11) is 1.52. The van der Waals surface area contributed by atoms with Crippen molar-refractivity contribution in [3.8, 4) is 0 Å². The number of unbranched alkanes of at least 4 members (excludes halogenated alkanes) is 20. The third-order valence-electron chi connectivity index (χ3n) is 11.7. The number of carbonyl (C=O) groups is 1. The zero-order valence-corrected chi connectivity index (χ0v) is 45.9. The van der Waals surface area contributed by atoms with Crippen LogP contribution in [0, 0.1) is 0 Å². The summed E-state index contributed by atoms with van der Waals surface area (Å²) in [6, 6.07) is -0.883. The Hall–Kier alpha value is -2.84. The van der Waals surface area contributed by atoms with Crippen LogP contribution in [-0.4, -0.2) is 73.4 Å². The summed E-state index contributed by atoms with van der Waals surface area (Å²) in [6.45, 7) is 4.66. The third-order valence-corrected chi connectivity index (χ3v) is 12.7. The van der Waals surface area contributed by atoms with E-state index >= 15 is 0 Å². The van der Waals surface area contributed by atoms with Gasteiger partial charge in [-0.05, 0) is 89.9 Å². The lowest BCUT2D eigenvalue weighted by Crippen LogP contribution is -2.45. The standard InChI is InChI=1S/C60H105N2O6P/c1-6-8-10-12-14-16-18-20-22-24-26-28-29-30-31-32-33-34-36-38-40-42-44-46-48-50-52-54-60(64)61-58(57-68-69(65,66)67-56-55-62(3,4)5)59(63)53-51-49-47-45-43-41-39-37-35-27-25-23-21-19-17-15-13-11-9-7-2/h8,10,14,16,20,22,26,28,30-31,33-34,38,40,43,45,51,53,58-59,63H,6-7,9,11-13,15,17-19,21,23-25,27,29,32,35-37,39,41-42,44,46-50,52,54-57H2,1-5H3,(H-,61,64,65,66)/p+1/b10-8-,16-14-,22-20-,28-26-,31-30-,34-33-,40-38-,45-43+,53-51+. The second kappa shape index (κ2) is 50.1. The number of nitrogens with one attached hydrogen (secondary N) is 1. The van der Waals surface area contributed by atoms with E-state index in [1.807, 2.05) is 27.2 Å². The van der Waals surface area contributed by atoms with Crippen LogP contribution in [0.1, 0.15) is 213 Å². The maximum atomic E-state index is 13.0. The van der Waals surface area contributed by atoms with Crippen molar-refractivity contribution in [2.24, 2.45) is 0 Å². The molecule has 0 aliphatic heterocycles. The van der Waals surface area contributed by atoms with Gasteiger partial charge in [-0.15, -0.1) is 0 Å². The number of carbonyl (C=O) groups excluding carboxylic acids is 1. The molecule has 0 aliphatic rings. The Morgan fingerprint density at radius 3 is 1.33 bits per heavy atom. The first-order valence-electron chi connectivity index (χ1n) is 27.8. The number of allylic oxidation sites excluding steroid dienone is 17. The van der Waals surface area contributed by atoms with Crippen LogP contribution in [0.15, 0.2) is 109 Å². The number of hydrogen-bond acceptors (Lipinski definition) is 5. The predicted molar refractivity (Wildman–Crippen MR) is 299 cm³/mol. The van der Waals surface area contributed by atoms with Gasteiger partial charge in [-0.1, -0.05) is 226 Å². The Morgan fingerprint density at radius 1 is 0.507 bits per heavy atom. The number of hydrogen-bond donors (Lipinski definition) is 3. The average Bonchev–Trinajstić information content (AvgIpc) is 3.31. The van der Waals surface area contributed by atoms with Gasteiger partial charge >= 0.3 is 7.82 Å². The van der Waals surface area contributed by atoms with Gasteiger partial charge < -0.3 is 19.8 Å². The summed E-state index contributed by atoms with van der Waals surface area (Å²) in [4.78, 5) is 23.3. The van der Waals surface area contributed by atoms with E-state index in [9.17, 15) is 19.4 Å². The van der Waals surface area contributed by atoms with E-state index in [2.05, 4.69) is 116 Å². The molecule has 0 aromatic carbocycles. The molecule has 69 heavy (non-hydrogen) atoms. The van der Waals surface area contributed by atoms with E-state index < -0.39 is 20.0 Å². The fraction of sp³-hybridized carbons (Fsp3) is 0.683. The summed E-state index contributed by atoms with van der Waals surface area (Å²) in [6.07, 6.45) is 73.2. The van der Waals surface area contributed by atoms with Gasteiger partial charge in [0.1, 0.15) is 13.2 Å². The molecule has 8 nitrogen and oxygen atoms in total. The van der Waals surface area contributed by atoms with E-state index in [-0.39, 0.29) is 19.1 Å². The number of quaternary nitrogens is 1. The number of nitrogens with zero attached hydrogens (tertiary/aromatic N) is 1. The number of aliphatic hydroxyl groups is 1. The summed E-state index contributed by atoms with van der Waals surface area (Å²) < 4.78 is 23.7. The quantitative estimate of drug-likeness (QED) is 0.0243. The smallest absolute Gasteiger partial charge is 0.387 e. The normalized spacial score (nSPS) is 14.8. The van der Waals surface area contributed by atoms with Crippen LogP contribution in [0.4, 0.5) is 0 Å². The topological polar surface area (TPSA) is 105 Å². The molecule has 0 spiro atoms. The minimum absolute atomic E-state index is 0.0459. The number of amides is 1. The largest absolute Gasteiger partial charge is 0.472 e. The molecular formula is C60H106N2O6P+. The van der Waals surface area contributed by atoms with Crippen molar-refractivity contribution in [2.45, 2.75) is 225 Å². The van der Waals surface area contributed by atoms with E-state index in [0.29, 0.717) is 17.4 Å². The van der Waals surface area contributed by atoms with Crippen molar-refractivity contribution < 1.29 is 32.9 Å². The molecule has 0 aromatic rings. The second-order valence-electron chi connectivity index (χ2n) is 19.6. The highest BCUT2D eigenvalue weighted by atomic mass is 31.2. The molecule has 0 radical (unpaired) electrons. The lowest BCUT2D eigenvalue weighted by Gasteiger charge is -2.25. The first-order valence-corrected chi connectivity index (χ1v) is 29.3. The summed E-state index contributed by atoms with van der Waals surface area (Å²) in [5.41, 5.74) is 0. The van der Waals surface area contributed by atoms with Crippen molar-refractivity contribution in [2.75, 3.05) is 40.9 Å². The van der Waals surface area contributed by atoms with Crippen LogP contribution in [0.25, 0.3) is 0 Å². The maximum Gasteiger partial charge on any atom is 0.472 e. The minimum atomic E-state index is -4.37. The summed E-state index contributed by atoms with van der Waals surface area (Å²) in [5, 5.41) is 13.9. The molecule has 0 aliphatic carbocycles. The van der Waals surface area contributed by atoms with Crippen LogP contribution >= 0.6 is 7.82 Å². The number of likely N-dealkylation sites (N-methyl/N-ethyl adjacent to an activating group) is 1. The fourth-order valence-corrected chi connectivity index (χ4v) is 8.13. The van der Waals surface area contributed by atoms with Gasteiger partial charge in [0, 0.05) is 6.42 Å². The molecule has 0 rings (SSSR count). The first kappa shape index (κ1) is 66.2. The highest BCUT2D eigenvalue weighted by molar-refractivity contribution is 7.47. The Kier molecular flexibility index (Phi) is 48.1. The Morgan fingerprint density at radius 2 is 0.884 bits per heavy atom. The number of phosphoric acid groups is 1. The molecule has 3 N–H and O–H groups in total. The van der Waals surface area contributed by atoms with Crippen LogP contribution in [-0.2, 0) is 18.4 Å². The molecule has 1 amide bonds. The van der Waals surface area contributed by atoms with E-state index in [1.54, 1.807) is 6.08 Å². The van der Waals surface area contributed by atoms with Crippen molar-refractivity contribution in [1.29, 1.82) is 0 Å². The Labute approximate surface area is 425 Å². The van der Waals surface area contributed by atoms with Gasteiger partial charge in [0.25, 0.3) is 0 Å². The summed E-state index contributed by atoms with van der Waals surface area (Å²) in [5.74, 6) is -0.210. The molecule has 0 aromatic heterocycles. The zero-order valence-electron chi connectivity index (χ0n) is 45.0. The minimum Gasteiger partial charge on any atom is -0.387 e. The van der Waals surface area contributed by atoms with Crippen LogP contribution in [0.3, 0.4) is 0 Å². The molecule has 0 heterocycles. The third kappa shape index (κ3) is 52.8. The van der Waals surface area contributed by atoms with Crippen molar-refractivity contribution in [1.82, 2.24) is 5.32 Å². The molecule has 0 bridgehead atoms. The predicted octanol–water partition coefficient (Wildman–Crippen LogP) is 16.8.